The van der Waals surface area contributed by atoms with E-state index in [-0.39, 0.29) is 5.60 Å². The van der Waals surface area contributed by atoms with E-state index in [9.17, 15) is 0 Å². The highest BCUT2D eigenvalue weighted by molar-refractivity contribution is 6.30. The van der Waals surface area contributed by atoms with E-state index in [2.05, 4.69) is 6.92 Å². The van der Waals surface area contributed by atoms with Crippen molar-refractivity contribution >= 4 is 11.6 Å². The molecule has 0 aliphatic carbocycles. The van der Waals surface area contributed by atoms with E-state index in [0.29, 0.717) is 11.6 Å². The van der Waals surface area contributed by atoms with Gasteiger partial charge in [0.15, 0.2) is 0 Å². The van der Waals surface area contributed by atoms with Crippen molar-refractivity contribution in [1.29, 1.82) is 0 Å². The van der Waals surface area contributed by atoms with Crippen molar-refractivity contribution in [3.05, 3.63) is 28.8 Å². The minimum Gasteiger partial charge on any atom is -0.485 e. The highest BCUT2D eigenvalue weighted by Gasteiger charge is 2.36. The molecule has 3 heteroatoms. The summed E-state index contributed by atoms with van der Waals surface area (Å²) in [7, 11) is 0. The summed E-state index contributed by atoms with van der Waals surface area (Å²) < 4.78 is 5.86. The van der Waals surface area contributed by atoms with E-state index >= 15 is 0 Å². The maximum atomic E-state index is 5.89. The van der Waals surface area contributed by atoms with Crippen molar-refractivity contribution in [1.82, 2.24) is 0 Å². The van der Waals surface area contributed by atoms with Gasteiger partial charge in [-0.3, -0.25) is 0 Å². The Morgan fingerprint density at radius 2 is 2.36 bits per heavy atom. The summed E-state index contributed by atoms with van der Waals surface area (Å²) >= 11 is 5.89. The van der Waals surface area contributed by atoms with Crippen LogP contribution in [0.15, 0.2) is 18.2 Å². The quantitative estimate of drug-likeness (QED) is 0.816. The van der Waals surface area contributed by atoms with E-state index in [1.54, 1.807) is 0 Å². The van der Waals surface area contributed by atoms with E-state index in [0.717, 1.165) is 18.6 Å². The summed E-state index contributed by atoms with van der Waals surface area (Å²) in [6.07, 6.45) is 1.82. The molecule has 0 fully saturated rings. The molecule has 1 aromatic carbocycles. The molecule has 0 bridgehead atoms. The van der Waals surface area contributed by atoms with Gasteiger partial charge in [-0.15, -0.1) is 0 Å². The Kier molecular flexibility index (Phi) is 2.41. The SMILES string of the molecule is CCC1(CN)Cc2ccc(Cl)cc2O1. The molecule has 76 valence electrons. The fourth-order valence-corrected chi connectivity index (χ4v) is 2.00. The fraction of sp³-hybridized carbons (Fsp3) is 0.455. The number of halogens is 1. The molecule has 0 radical (unpaired) electrons. The minimum absolute atomic E-state index is 0.201. The van der Waals surface area contributed by atoms with Crippen LogP contribution in [-0.2, 0) is 6.42 Å². The van der Waals surface area contributed by atoms with Crippen LogP contribution in [-0.4, -0.2) is 12.1 Å². The van der Waals surface area contributed by atoms with Crippen LogP contribution in [0.4, 0.5) is 0 Å². The topological polar surface area (TPSA) is 35.2 Å². The molecule has 2 N–H and O–H groups in total. The van der Waals surface area contributed by atoms with Gasteiger partial charge in [-0.05, 0) is 24.1 Å². The monoisotopic (exact) mass is 211 g/mol. The number of hydrogen-bond donors (Lipinski definition) is 1. The molecule has 1 atom stereocenters. The Hall–Kier alpha value is -0.730. The molecule has 0 saturated heterocycles. The first-order valence-corrected chi connectivity index (χ1v) is 5.24. The van der Waals surface area contributed by atoms with Crippen LogP contribution in [0.2, 0.25) is 5.02 Å². The molecule has 1 aromatic rings. The smallest absolute Gasteiger partial charge is 0.125 e. The van der Waals surface area contributed by atoms with Crippen molar-refractivity contribution in [2.75, 3.05) is 6.54 Å². The summed E-state index contributed by atoms with van der Waals surface area (Å²) in [5.41, 5.74) is 6.75. The van der Waals surface area contributed by atoms with Crippen molar-refractivity contribution in [3.63, 3.8) is 0 Å². The normalized spacial score (nSPS) is 24.5. The largest absolute Gasteiger partial charge is 0.485 e. The number of fused-ring (bicyclic) bond motifs is 1. The number of ether oxygens (including phenoxy) is 1. The molecular weight excluding hydrogens is 198 g/mol. The molecule has 0 saturated carbocycles. The Bertz CT molecular complexity index is 347. The number of benzene rings is 1. The van der Waals surface area contributed by atoms with E-state index < -0.39 is 0 Å². The van der Waals surface area contributed by atoms with Gasteiger partial charge in [0.05, 0.1) is 0 Å². The van der Waals surface area contributed by atoms with Gasteiger partial charge in [0.25, 0.3) is 0 Å². The van der Waals surface area contributed by atoms with Gasteiger partial charge in [0, 0.05) is 18.0 Å². The molecule has 14 heavy (non-hydrogen) atoms. The summed E-state index contributed by atoms with van der Waals surface area (Å²) in [5, 5.41) is 0.715. The molecule has 1 unspecified atom stereocenters. The van der Waals surface area contributed by atoms with Gasteiger partial charge in [-0.1, -0.05) is 24.6 Å². The Labute approximate surface area is 89.0 Å². The summed E-state index contributed by atoms with van der Waals surface area (Å²) in [5.74, 6) is 0.893. The number of hydrogen-bond acceptors (Lipinski definition) is 2. The maximum absolute atomic E-state index is 5.89. The van der Waals surface area contributed by atoms with Crippen LogP contribution in [0.3, 0.4) is 0 Å². The maximum Gasteiger partial charge on any atom is 0.125 e. The van der Waals surface area contributed by atoms with Gasteiger partial charge in [0.1, 0.15) is 11.4 Å². The molecule has 0 spiro atoms. The predicted molar refractivity (Wildman–Crippen MR) is 57.9 cm³/mol. The Morgan fingerprint density at radius 3 is 3.00 bits per heavy atom. The summed E-state index contributed by atoms with van der Waals surface area (Å²) in [4.78, 5) is 0. The van der Waals surface area contributed by atoms with Crippen molar-refractivity contribution < 1.29 is 4.74 Å². The van der Waals surface area contributed by atoms with Gasteiger partial charge >= 0.3 is 0 Å². The third-order valence-corrected chi connectivity index (χ3v) is 3.12. The lowest BCUT2D eigenvalue weighted by atomic mass is 9.95. The van der Waals surface area contributed by atoms with E-state index in [1.165, 1.54) is 5.56 Å². The highest BCUT2D eigenvalue weighted by atomic mass is 35.5. The van der Waals surface area contributed by atoms with E-state index in [4.69, 9.17) is 22.1 Å². The molecule has 1 heterocycles. The lowest BCUT2D eigenvalue weighted by molar-refractivity contribution is 0.0995. The molecule has 0 aromatic heterocycles. The standard InChI is InChI=1S/C11H14ClNO/c1-2-11(7-13)6-8-3-4-9(12)5-10(8)14-11/h3-5H,2,6-7,13H2,1H3. The third-order valence-electron chi connectivity index (χ3n) is 2.88. The van der Waals surface area contributed by atoms with Crippen molar-refractivity contribution in [2.45, 2.75) is 25.4 Å². The minimum atomic E-state index is -0.201. The number of nitrogens with two attached hydrogens (primary N) is 1. The van der Waals surface area contributed by atoms with E-state index in [1.807, 2.05) is 18.2 Å². The van der Waals surface area contributed by atoms with Crippen LogP contribution >= 0.6 is 11.6 Å². The van der Waals surface area contributed by atoms with Gasteiger partial charge in [-0.2, -0.15) is 0 Å². The van der Waals surface area contributed by atoms with Crippen molar-refractivity contribution in [3.8, 4) is 5.75 Å². The number of rotatable bonds is 2. The molecule has 2 nitrogen and oxygen atoms in total. The molecule has 1 aliphatic heterocycles. The molecular formula is C11H14ClNO. The van der Waals surface area contributed by atoms with Gasteiger partial charge < -0.3 is 10.5 Å². The lowest BCUT2D eigenvalue weighted by Gasteiger charge is -2.25. The zero-order valence-electron chi connectivity index (χ0n) is 8.22. The summed E-state index contributed by atoms with van der Waals surface area (Å²) in [6.45, 7) is 2.65. The first-order chi connectivity index (χ1) is 6.69. The van der Waals surface area contributed by atoms with Crippen LogP contribution in [0.25, 0.3) is 0 Å². The second-order valence-electron chi connectivity index (χ2n) is 3.77. The predicted octanol–water partition coefficient (Wildman–Crippen LogP) is 2.38. The molecule has 0 amide bonds. The van der Waals surface area contributed by atoms with Gasteiger partial charge in [-0.25, -0.2) is 0 Å². The first-order valence-electron chi connectivity index (χ1n) is 4.86. The lowest BCUT2D eigenvalue weighted by Crippen LogP contribution is -2.41. The zero-order valence-corrected chi connectivity index (χ0v) is 8.97. The highest BCUT2D eigenvalue weighted by Crippen LogP contribution is 2.37. The van der Waals surface area contributed by atoms with Crippen LogP contribution < -0.4 is 10.5 Å². The second-order valence-corrected chi connectivity index (χ2v) is 4.21. The average Bonchev–Trinajstić information content (AvgIpc) is 2.56. The second kappa shape index (κ2) is 3.44. The van der Waals surface area contributed by atoms with Crippen LogP contribution in [0.1, 0.15) is 18.9 Å². The fourth-order valence-electron chi connectivity index (χ4n) is 1.84. The Morgan fingerprint density at radius 1 is 1.57 bits per heavy atom. The summed E-state index contributed by atoms with van der Waals surface area (Å²) in [6, 6.07) is 5.78. The first kappa shape index (κ1) is 9.81. The average molecular weight is 212 g/mol. The van der Waals surface area contributed by atoms with Crippen molar-refractivity contribution in [2.24, 2.45) is 5.73 Å². The Balaban J connectivity index is 2.33. The van der Waals surface area contributed by atoms with Gasteiger partial charge in [0.2, 0.25) is 0 Å². The third kappa shape index (κ3) is 1.49. The zero-order chi connectivity index (χ0) is 10.2. The molecule has 2 rings (SSSR count). The van der Waals surface area contributed by atoms with Crippen LogP contribution in [0, 0.1) is 0 Å². The molecule has 1 aliphatic rings. The van der Waals surface area contributed by atoms with Crippen LogP contribution in [0.5, 0.6) is 5.75 Å².